The Morgan fingerprint density at radius 3 is 2.93 bits per heavy atom. The lowest BCUT2D eigenvalue weighted by Gasteiger charge is -2.09. The molecule has 1 atom stereocenters. The summed E-state index contributed by atoms with van der Waals surface area (Å²) in [7, 11) is 0. The number of hydrogen-bond acceptors (Lipinski definition) is 3. The van der Waals surface area contributed by atoms with E-state index in [0.717, 1.165) is 11.3 Å². The van der Waals surface area contributed by atoms with E-state index in [1.807, 2.05) is 30.4 Å². The molecule has 0 saturated heterocycles. The molecule has 0 aromatic carbocycles. The van der Waals surface area contributed by atoms with Gasteiger partial charge in [0, 0.05) is 18.3 Å². The van der Waals surface area contributed by atoms with Gasteiger partial charge in [0.05, 0.1) is 11.3 Å². The Bertz CT molecular complexity index is 570. The summed E-state index contributed by atoms with van der Waals surface area (Å²) in [6.45, 7) is 0. The number of fused-ring (bicyclic) bond motifs is 3. The monoisotopic (exact) mass is 196 g/mol. The van der Waals surface area contributed by atoms with Crippen LogP contribution in [-0.4, -0.2) is 9.97 Å². The van der Waals surface area contributed by atoms with Crippen LogP contribution >= 0.6 is 0 Å². The first-order valence-electron chi connectivity index (χ1n) is 4.78. The topological polar surface area (TPSA) is 42.9 Å². The minimum atomic E-state index is -0.203. The molecule has 3 nitrogen and oxygen atoms in total. The van der Waals surface area contributed by atoms with Gasteiger partial charge < -0.3 is 0 Å². The van der Waals surface area contributed by atoms with Crippen molar-refractivity contribution in [3.8, 4) is 0 Å². The molecule has 1 aromatic heterocycles. The molecule has 0 amide bonds. The van der Waals surface area contributed by atoms with Crippen molar-refractivity contribution in [3.05, 3.63) is 63.9 Å². The molecule has 15 heavy (non-hydrogen) atoms. The zero-order valence-electron chi connectivity index (χ0n) is 7.92. The Labute approximate surface area is 86.5 Å². The maximum absolute atomic E-state index is 11.6. The molecule has 72 valence electrons. The summed E-state index contributed by atoms with van der Waals surface area (Å²) in [6.07, 6.45) is 12.9. The Hall–Kier alpha value is -2.03. The molecular formula is C12H8N2O. The Morgan fingerprint density at radius 1 is 1.13 bits per heavy atom. The van der Waals surface area contributed by atoms with Gasteiger partial charge in [0.15, 0.2) is 0 Å². The first-order chi connectivity index (χ1) is 7.36. The van der Waals surface area contributed by atoms with Gasteiger partial charge in [-0.1, -0.05) is 24.3 Å². The number of nitrogens with zero attached hydrogens (tertiary/aromatic N) is 2. The van der Waals surface area contributed by atoms with E-state index in [1.54, 1.807) is 6.20 Å². The number of hydrogen-bond donors (Lipinski definition) is 0. The van der Waals surface area contributed by atoms with Crippen molar-refractivity contribution in [2.75, 3.05) is 0 Å². The van der Waals surface area contributed by atoms with Crippen molar-refractivity contribution in [1.29, 1.82) is 0 Å². The van der Waals surface area contributed by atoms with E-state index < -0.39 is 0 Å². The van der Waals surface area contributed by atoms with E-state index in [2.05, 4.69) is 9.97 Å². The van der Waals surface area contributed by atoms with Gasteiger partial charge in [0.2, 0.25) is 0 Å². The average molecular weight is 196 g/mol. The smallest absolute Gasteiger partial charge is 0.267 e. The SMILES string of the molecule is O=c1nccnc2c1C=C1C=CC=CC12. The molecule has 3 rings (SSSR count). The molecule has 0 N–H and O–H groups in total. The van der Waals surface area contributed by atoms with Crippen LogP contribution in [0.1, 0.15) is 17.2 Å². The highest BCUT2D eigenvalue weighted by Gasteiger charge is 2.25. The number of rotatable bonds is 0. The van der Waals surface area contributed by atoms with Gasteiger partial charge in [0.1, 0.15) is 0 Å². The van der Waals surface area contributed by atoms with Gasteiger partial charge in [-0.2, -0.15) is 0 Å². The van der Waals surface area contributed by atoms with Crippen LogP contribution in [0.3, 0.4) is 0 Å². The molecule has 3 heteroatoms. The predicted octanol–water partition coefficient (Wildman–Crippen LogP) is 1.44. The molecule has 0 saturated carbocycles. The molecule has 2 aliphatic carbocycles. The summed E-state index contributed by atoms with van der Waals surface area (Å²) < 4.78 is 0. The maximum atomic E-state index is 11.6. The first-order valence-corrected chi connectivity index (χ1v) is 4.78. The average Bonchev–Trinajstić information content (AvgIpc) is 2.54. The fourth-order valence-corrected chi connectivity index (χ4v) is 1.96. The molecular weight excluding hydrogens is 188 g/mol. The maximum Gasteiger partial charge on any atom is 0.278 e. The third kappa shape index (κ3) is 1.16. The molecule has 2 aliphatic rings. The lowest BCUT2D eigenvalue weighted by Crippen LogP contribution is -2.06. The van der Waals surface area contributed by atoms with Crippen molar-refractivity contribution < 1.29 is 0 Å². The van der Waals surface area contributed by atoms with Crippen LogP contribution in [0.5, 0.6) is 0 Å². The van der Waals surface area contributed by atoms with Gasteiger partial charge in [0.25, 0.3) is 5.56 Å². The summed E-state index contributed by atoms with van der Waals surface area (Å²) in [5, 5.41) is 0. The van der Waals surface area contributed by atoms with Crippen molar-refractivity contribution in [1.82, 2.24) is 9.97 Å². The van der Waals surface area contributed by atoms with Gasteiger partial charge in [-0.15, -0.1) is 0 Å². The Kier molecular flexibility index (Phi) is 1.65. The molecule has 0 fully saturated rings. The van der Waals surface area contributed by atoms with E-state index >= 15 is 0 Å². The van der Waals surface area contributed by atoms with Crippen LogP contribution in [0.2, 0.25) is 0 Å². The fourth-order valence-electron chi connectivity index (χ4n) is 1.96. The third-order valence-corrected chi connectivity index (χ3v) is 2.65. The van der Waals surface area contributed by atoms with Gasteiger partial charge in [-0.05, 0) is 11.6 Å². The second kappa shape index (κ2) is 2.98. The van der Waals surface area contributed by atoms with Gasteiger partial charge in [-0.3, -0.25) is 9.78 Å². The van der Waals surface area contributed by atoms with Crippen molar-refractivity contribution in [2.24, 2.45) is 0 Å². The van der Waals surface area contributed by atoms with Gasteiger partial charge in [-0.25, -0.2) is 4.98 Å². The molecule has 0 aliphatic heterocycles. The summed E-state index contributed by atoms with van der Waals surface area (Å²) in [4.78, 5) is 19.6. The zero-order chi connectivity index (χ0) is 10.3. The van der Waals surface area contributed by atoms with Crippen LogP contribution in [-0.2, 0) is 0 Å². The number of aromatic nitrogens is 2. The summed E-state index contributed by atoms with van der Waals surface area (Å²) in [5.41, 5.74) is 2.35. The normalized spacial score (nSPS) is 20.8. The second-order valence-corrected chi connectivity index (χ2v) is 3.53. The van der Waals surface area contributed by atoms with Crippen LogP contribution in [0.25, 0.3) is 6.08 Å². The predicted molar refractivity (Wildman–Crippen MR) is 57.3 cm³/mol. The van der Waals surface area contributed by atoms with Crippen LogP contribution in [0, 0.1) is 0 Å². The number of allylic oxidation sites excluding steroid dienone is 5. The minimum Gasteiger partial charge on any atom is -0.267 e. The molecule has 0 radical (unpaired) electrons. The van der Waals surface area contributed by atoms with Crippen molar-refractivity contribution in [2.45, 2.75) is 5.92 Å². The largest absolute Gasteiger partial charge is 0.278 e. The van der Waals surface area contributed by atoms with Crippen LogP contribution < -0.4 is 5.56 Å². The molecule has 1 heterocycles. The fraction of sp³-hybridized carbons (Fsp3) is 0.0833. The third-order valence-electron chi connectivity index (χ3n) is 2.65. The van der Waals surface area contributed by atoms with Crippen LogP contribution in [0.4, 0.5) is 0 Å². The lowest BCUT2D eigenvalue weighted by atomic mass is 9.96. The minimum absolute atomic E-state index is 0.131. The summed E-state index contributed by atoms with van der Waals surface area (Å²) >= 11 is 0. The zero-order valence-corrected chi connectivity index (χ0v) is 7.92. The van der Waals surface area contributed by atoms with Crippen molar-refractivity contribution in [3.63, 3.8) is 0 Å². The highest BCUT2D eigenvalue weighted by molar-refractivity contribution is 5.69. The van der Waals surface area contributed by atoms with E-state index in [4.69, 9.17) is 0 Å². The highest BCUT2D eigenvalue weighted by atomic mass is 16.1. The van der Waals surface area contributed by atoms with Crippen LogP contribution in [0.15, 0.2) is 47.1 Å². The molecule has 1 unspecified atom stereocenters. The van der Waals surface area contributed by atoms with Crippen molar-refractivity contribution >= 4 is 6.08 Å². The molecule has 0 spiro atoms. The van der Waals surface area contributed by atoms with E-state index in [0.29, 0.717) is 5.56 Å². The first kappa shape index (κ1) is 8.29. The quantitative estimate of drug-likeness (QED) is 0.630. The van der Waals surface area contributed by atoms with E-state index in [-0.39, 0.29) is 11.5 Å². The highest BCUT2D eigenvalue weighted by Crippen LogP contribution is 2.36. The second-order valence-electron chi connectivity index (χ2n) is 3.53. The standard InChI is InChI=1S/C12H8N2O/c15-12-10-7-8-3-1-2-4-9(8)11(10)13-5-6-14-12/h1-7,9H. The van der Waals surface area contributed by atoms with E-state index in [9.17, 15) is 4.79 Å². The van der Waals surface area contributed by atoms with E-state index in [1.165, 1.54) is 6.20 Å². The summed E-state index contributed by atoms with van der Waals surface area (Å²) in [6, 6.07) is 0. The Balaban J connectivity index is 2.33. The Morgan fingerprint density at radius 2 is 2.00 bits per heavy atom. The van der Waals surface area contributed by atoms with Gasteiger partial charge >= 0.3 is 0 Å². The lowest BCUT2D eigenvalue weighted by molar-refractivity contribution is 0.979. The molecule has 0 bridgehead atoms. The summed E-state index contributed by atoms with van der Waals surface area (Å²) in [5.74, 6) is 0.131. The molecule has 1 aromatic rings.